The summed E-state index contributed by atoms with van der Waals surface area (Å²) in [4.78, 5) is 34.2. The highest BCUT2D eigenvalue weighted by Gasteiger charge is 2.20. The maximum Gasteiger partial charge on any atom is 0.266 e. The molecule has 0 unspecified atom stereocenters. The van der Waals surface area contributed by atoms with Crippen LogP contribution in [0.2, 0.25) is 0 Å². The van der Waals surface area contributed by atoms with Gasteiger partial charge < -0.3 is 0 Å². The van der Waals surface area contributed by atoms with Crippen molar-refractivity contribution in [3.63, 3.8) is 0 Å². The Balaban J connectivity index is 1.40. The van der Waals surface area contributed by atoms with Crippen LogP contribution in [0.3, 0.4) is 0 Å². The van der Waals surface area contributed by atoms with Gasteiger partial charge in [-0.15, -0.1) is 0 Å². The van der Waals surface area contributed by atoms with E-state index in [0.29, 0.717) is 27.9 Å². The highest BCUT2D eigenvalue weighted by molar-refractivity contribution is 7.23. The molecule has 0 bridgehead atoms. The molecule has 0 spiro atoms. The van der Waals surface area contributed by atoms with Crippen LogP contribution in [0.1, 0.15) is 0 Å². The van der Waals surface area contributed by atoms with Crippen LogP contribution in [0, 0.1) is 0 Å². The third-order valence-corrected chi connectivity index (χ3v) is 8.86. The molecule has 43 heavy (non-hydrogen) atoms. The highest BCUT2D eigenvalue weighted by atomic mass is 32.1. The van der Waals surface area contributed by atoms with Gasteiger partial charge in [0.05, 0.1) is 27.5 Å². The zero-order chi connectivity index (χ0) is 28.5. The van der Waals surface area contributed by atoms with Crippen LogP contribution in [0.25, 0.3) is 76.6 Å². The zero-order valence-corrected chi connectivity index (χ0v) is 23.4. The van der Waals surface area contributed by atoms with Crippen LogP contribution in [0.15, 0.2) is 126 Å². The second-order valence-corrected chi connectivity index (χ2v) is 11.4. The molecule has 8 heteroatoms. The SMILES string of the molecule is O=c1c2ccccc2sc2nc3cc4c5ccccc5n(-c5nc(-c6ccccc6)nc(-c6ccccc6)n5)c4cc3n12. The molecule has 0 fully saturated rings. The summed E-state index contributed by atoms with van der Waals surface area (Å²) < 4.78 is 4.71. The number of benzene rings is 5. The van der Waals surface area contributed by atoms with Crippen LogP contribution in [0.5, 0.6) is 0 Å². The predicted molar refractivity (Wildman–Crippen MR) is 173 cm³/mol. The Morgan fingerprint density at radius 3 is 1.88 bits per heavy atom. The molecular formula is C35H20N6OS. The normalized spacial score (nSPS) is 11.8. The largest absolute Gasteiger partial charge is 0.278 e. The predicted octanol–water partition coefficient (Wildman–Crippen LogP) is 7.68. The highest BCUT2D eigenvalue weighted by Crippen LogP contribution is 2.35. The first-order valence-corrected chi connectivity index (χ1v) is 14.7. The molecule has 5 aromatic carbocycles. The molecule has 9 aromatic rings. The molecule has 9 rings (SSSR count). The molecule has 7 nitrogen and oxygen atoms in total. The third kappa shape index (κ3) is 3.63. The van der Waals surface area contributed by atoms with E-state index in [4.69, 9.17) is 19.9 Å². The number of nitrogens with zero attached hydrogens (tertiary/aromatic N) is 6. The van der Waals surface area contributed by atoms with Gasteiger partial charge in [-0.1, -0.05) is 102 Å². The maximum atomic E-state index is 13.7. The Morgan fingerprint density at radius 1 is 0.535 bits per heavy atom. The molecule has 0 saturated carbocycles. The number of rotatable bonds is 3. The van der Waals surface area contributed by atoms with E-state index in [9.17, 15) is 4.79 Å². The van der Waals surface area contributed by atoms with Crippen molar-refractivity contribution in [3.05, 3.63) is 132 Å². The van der Waals surface area contributed by atoms with Crippen molar-refractivity contribution in [1.82, 2.24) is 28.9 Å². The third-order valence-electron chi connectivity index (χ3n) is 7.83. The Labute approximate surface area is 248 Å². The molecule has 0 saturated heterocycles. The van der Waals surface area contributed by atoms with Gasteiger partial charge >= 0.3 is 0 Å². The number of hydrogen-bond acceptors (Lipinski definition) is 6. The second kappa shape index (κ2) is 9.14. The molecule has 0 aliphatic heterocycles. The molecule has 0 N–H and O–H groups in total. The minimum Gasteiger partial charge on any atom is -0.278 e. The first-order valence-electron chi connectivity index (χ1n) is 13.9. The summed E-state index contributed by atoms with van der Waals surface area (Å²) in [6.45, 7) is 0. The molecule has 0 amide bonds. The fourth-order valence-corrected chi connectivity index (χ4v) is 6.87. The summed E-state index contributed by atoms with van der Waals surface area (Å²) in [7, 11) is 0. The average Bonchev–Trinajstić information content (AvgIpc) is 3.59. The van der Waals surface area contributed by atoms with E-state index in [-0.39, 0.29) is 5.56 Å². The van der Waals surface area contributed by atoms with Gasteiger partial charge in [0.25, 0.3) is 5.56 Å². The second-order valence-electron chi connectivity index (χ2n) is 10.4. The first-order chi connectivity index (χ1) is 21.2. The first kappa shape index (κ1) is 23.9. The fraction of sp³-hybridized carbons (Fsp3) is 0. The Morgan fingerprint density at radius 2 is 1.16 bits per heavy atom. The number of para-hydroxylation sites is 1. The standard InChI is InChI=1S/C35H20N6OS/c42-33-24-16-8-10-18-30(24)43-35-36-26-19-25-23-15-7-9-17-27(23)40(28(25)20-29(26)41(33)35)34-38-31(21-11-3-1-4-12-21)37-32(39-34)22-13-5-2-6-14-22/h1-20H. The smallest absolute Gasteiger partial charge is 0.266 e. The lowest BCUT2D eigenvalue weighted by Gasteiger charge is -2.11. The van der Waals surface area contributed by atoms with Crippen molar-refractivity contribution in [3.8, 4) is 28.7 Å². The molecule has 202 valence electrons. The summed E-state index contributed by atoms with van der Waals surface area (Å²) in [6.07, 6.45) is 0. The lowest BCUT2D eigenvalue weighted by atomic mass is 10.1. The van der Waals surface area contributed by atoms with E-state index in [1.807, 2.05) is 103 Å². The maximum absolute atomic E-state index is 13.7. The van der Waals surface area contributed by atoms with E-state index in [2.05, 4.69) is 22.8 Å². The number of hydrogen-bond donors (Lipinski definition) is 0. The van der Waals surface area contributed by atoms with Crippen LogP contribution in [-0.2, 0) is 0 Å². The van der Waals surface area contributed by atoms with Crippen LogP contribution >= 0.6 is 11.3 Å². The summed E-state index contributed by atoms with van der Waals surface area (Å²) in [5, 5.41) is 2.74. The van der Waals surface area contributed by atoms with Crippen LogP contribution in [-0.4, -0.2) is 28.9 Å². The van der Waals surface area contributed by atoms with Gasteiger partial charge in [-0.05, 0) is 30.3 Å². The van der Waals surface area contributed by atoms with Crippen molar-refractivity contribution in [2.75, 3.05) is 0 Å². The van der Waals surface area contributed by atoms with Crippen molar-refractivity contribution < 1.29 is 0 Å². The fourth-order valence-electron chi connectivity index (χ4n) is 5.85. The van der Waals surface area contributed by atoms with Gasteiger partial charge in [-0.3, -0.25) is 9.36 Å². The zero-order valence-electron chi connectivity index (χ0n) is 22.5. The van der Waals surface area contributed by atoms with Gasteiger partial charge in [0, 0.05) is 26.6 Å². The summed E-state index contributed by atoms with van der Waals surface area (Å²) in [5.74, 6) is 1.67. The van der Waals surface area contributed by atoms with Crippen LogP contribution in [0.4, 0.5) is 0 Å². The molecular weight excluding hydrogens is 552 g/mol. The lowest BCUT2D eigenvalue weighted by molar-refractivity contribution is 0.953. The van der Waals surface area contributed by atoms with E-state index in [0.717, 1.165) is 48.7 Å². The summed E-state index contributed by atoms with van der Waals surface area (Å²) >= 11 is 1.52. The van der Waals surface area contributed by atoms with Crippen molar-refractivity contribution in [1.29, 1.82) is 0 Å². The van der Waals surface area contributed by atoms with Crippen molar-refractivity contribution >= 4 is 59.2 Å². The van der Waals surface area contributed by atoms with E-state index < -0.39 is 0 Å². The summed E-state index contributed by atoms with van der Waals surface area (Å²) in [5.41, 5.74) is 5.09. The van der Waals surface area contributed by atoms with Crippen molar-refractivity contribution in [2.24, 2.45) is 0 Å². The van der Waals surface area contributed by atoms with Crippen molar-refractivity contribution in [2.45, 2.75) is 0 Å². The molecule has 4 heterocycles. The van der Waals surface area contributed by atoms with Gasteiger partial charge in [-0.25, -0.2) is 14.4 Å². The average molecular weight is 573 g/mol. The number of fused-ring (bicyclic) bond motifs is 7. The van der Waals surface area contributed by atoms with Gasteiger partial charge in [-0.2, -0.15) is 9.97 Å². The Hall–Kier alpha value is -5.73. The molecule has 0 radical (unpaired) electrons. The van der Waals surface area contributed by atoms with E-state index in [1.165, 1.54) is 11.3 Å². The minimum atomic E-state index is -0.0771. The lowest BCUT2D eigenvalue weighted by Crippen LogP contribution is -2.11. The Kier molecular flexibility index (Phi) is 5.08. The topological polar surface area (TPSA) is 78.0 Å². The molecule has 0 aliphatic carbocycles. The number of imidazole rings is 1. The van der Waals surface area contributed by atoms with E-state index in [1.54, 1.807) is 4.40 Å². The van der Waals surface area contributed by atoms with Gasteiger partial charge in [0.15, 0.2) is 16.6 Å². The van der Waals surface area contributed by atoms with E-state index >= 15 is 0 Å². The number of aromatic nitrogens is 6. The summed E-state index contributed by atoms with van der Waals surface area (Å²) in [6, 6.07) is 39.9. The monoisotopic (exact) mass is 572 g/mol. The molecule has 0 atom stereocenters. The van der Waals surface area contributed by atoms with Crippen LogP contribution < -0.4 is 5.56 Å². The van der Waals surface area contributed by atoms with Gasteiger partial charge in [0.1, 0.15) is 0 Å². The Bertz CT molecular complexity index is 2530. The quantitative estimate of drug-likeness (QED) is 0.217. The minimum absolute atomic E-state index is 0.0771. The molecule has 4 aromatic heterocycles. The molecule has 0 aliphatic rings. The van der Waals surface area contributed by atoms with Gasteiger partial charge in [0.2, 0.25) is 5.95 Å².